The van der Waals surface area contributed by atoms with Crippen molar-refractivity contribution in [3.63, 3.8) is 0 Å². The number of nitriles is 1. The molecule has 1 rings (SSSR count). The molecule has 0 saturated carbocycles. The molecule has 1 heteroatoms. The smallest absolute Gasteiger partial charge is 0.0988 e. The predicted octanol–water partition coefficient (Wildman–Crippen LogP) is 3.59. The first-order valence-electron chi connectivity index (χ1n) is 4.78. The number of hydrogen-bond donors (Lipinski definition) is 0. The van der Waals surface area contributed by atoms with Crippen molar-refractivity contribution in [2.45, 2.75) is 40.0 Å². The van der Waals surface area contributed by atoms with E-state index in [1.54, 1.807) is 0 Å². The van der Waals surface area contributed by atoms with Crippen LogP contribution in [0.25, 0.3) is 0 Å². The third kappa shape index (κ3) is 1.83. The minimum Gasteiger partial charge on any atom is -0.192 e. The molecule has 0 fully saturated rings. The van der Waals surface area contributed by atoms with Gasteiger partial charge in [-0.3, -0.25) is 0 Å². The standard InChI is InChI=1S/C12H17N/c1-9(8-13)11-6-5-7-12(3,4)10(11)2/h1,5-7H2,2-4H3. The average molecular weight is 175 g/mol. The molecule has 0 aromatic carbocycles. The highest BCUT2D eigenvalue weighted by Gasteiger charge is 2.27. The molecule has 0 aliphatic heterocycles. The van der Waals surface area contributed by atoms with E-state index in [1.165, 1.54) is 24.0 Å². The Balaban J connectivity index is 3.09. The fourth-order valence-corrected chi connectivity index (χ4v) is 1.94. The largest absolute Gasteiger partial charge is 0.192 e. The Labute approximate surface area is 80.8 Å². The minimum atomic E-state index is 0.257. The SMILES string of the molecule is C=C(C#N)C1=C(C)C(C)(C)CCC1. The zero-order chi connectivity index (χ0) is 10.1. The van der Waals surface area contributed by atoms with E-state index < -0.39 is 0 Å². The summed E-state index contributed by atoms with van der Waals surface area (Å²) in [6.07, 6.45) is 3.43. The molecule has 0 heterocycles. The van der Waals surface area contributed by atoms with Crippen LogP contribution in [0.15, 0.2) is 23.3 Å². The average Bonchev–Trinajstić information content (AvgIpc) is 2.08. The minimum absolute atomic E-state index is 0.257. The molecule has 0 unspecified atom stereocenters. The first kappa shape index (κ1) is 10.1. The second kappa shape index (κ2) is 3.38. The van der Waals surface area contributed by atoms with Crippen LogP contribution in [0.3, 0.4) is 0 Å². The molecular formula is C12H17N. The molecule has 0 N–H and O–H groups in total. The van der Waals surface area contributed by atoms with Gasteiger partial charge in [0.15, 0.2) is 0 Å². The van der Waals surface area contributed by atoms with Gasteiger partial charge >= 0.3 is 0 Å². The van der Waals surface area contributed by atoms with Crippen LogP contribution in [0, 0.1) is 16.7 Å². The summed E-state index contributed by atoms with van der Waals surface area (Å²) in [4.78, 5) is 0. The predicted molar refractivity (Wildman–Crippen MR) is 55.1 cm³/mol. The number of allylic oxidation sites excluding steroid dienone is 3. The van der Waals surface area contributed by atoms with E-state index in [2.05, 4.69) is 33.4 Å². The van der Waals surface area contributed by atoms with Crippen molar-refractivity contribution in [2.24, 2.45) is 5.41 Å². The molecular weight excluding hydrogens is 158 g/mol. The Kier molecular flexibility index (Phi) is 2.61. The summed E-state index contributed by atoms with van der Waals surface area (Å²) >= 11 is 0. The van der Waals surface area contributed by atoms with Crippen LogP contribution in [0.5, 0.6) is 0 Å². The summed E-state index contributed by atoms with van der Waals surface area (Å²) in [5, 5.41) is 8.79. The molecule has 1 nitrogen and oxygen atoms in total. The van der Waals surface area contributed by atoms with Gasteiger partial charge in [-0.15, -0.1) is 0 Å². The maximum atomic E-state index is 8.79. The van der Waals surface area contributed by atoms with E-state index in [0.717, 1.165) is 6.42 Å². The molecule has 0 saturated heterocycles. The van der Waals surface area contributed by atoms with Crippen LogP contribution in [-0.2, 0) is 0 Å². The Bertz CT molecular complexity index is 300. The fourth-order valence-electron chi connectivity index (χ4n) is 1.94. The topological polar surface area (TPSA) is 23.8 Å². The highest BCUT2D eigenvalue weighted by molar-refractivity contribution is 5.44. The van der Waals surface area contributed by atoms with Crippen molar-refractivity contribution >= 4 is 0 Å². The van der Waals surface area contributed by atoms with Gasteiger partial charge in [0.25, 0.3) is 0 Å². The first-order valence-corrected chi connectivity index (χ1v) is 4.78. The summed E-state index contributed by atoms with van der Waals surface area (Å²) in [6.45, 7) is 10.4. The van der Waals surface area contributed by atoms with E-state index in [1.807, 2.05) is 0 Å². The third-order valence-electron chi connectivity index (χ3n) is 3.20. The Morgan fingerprint density at radius 1 is 1.54 bits per heavy atom. The van der Waals surface area contributed by atoms with Gasteiger partial charge in [0.2, 0.25) is 0 Å². The molecule has 0 amide bonds. The lowest BCUT2D eigenvalue weighted by atomic mass is 9.72. The van der Waals surface area contributed by atoms with E-state index in [-0.39, 0.29) is 5.41 Å². The van der Waals surface area contributed by atoms with E-state index in [9.17, 15) is 0 Å². The zero-order valence-electron chi connectivity index (χ0n) is 8.78. The molecule has 0 aromatic heterocycles. The highest BCUT2D eigenvalue weighted by atomic mass is 14.3. The van der Waals surface area contributed by atoms with Crippen molar-refractivity contribution < 1.29 is 0 Å². The summed E-state index contributed by atoms with van der Waals surface area (Å²) in [5.74, 6) is 0. The molecule has 0 radical (unpaired) electrons. The van der Waals surface area contributed by atoms with Gasteiger partial charge in [0.05, 0.1) is 6.07 Å². The van der Waals surface area contributed by atoms with Crippen molar-refractivity contribution in [1.82, 2.24) is 0 Å². The second-order valence-electron chi connectivity index (χ2n) is 4.43. The summed E-state index contributed by atoms with van der Waals surface area (Å²) in [7, 11) is 0. The van der Waals surface area contributed by atoms with Crippen LogP contribution < -0.4 is 0 Å². The first-order chi connectivity index (χ1) is 5.99. The maximum absolute atomic E-state index is 8.79. The number of hydrogen-bond acceptors (Lipinski definition) is 1. The molecule has 1 aliphatic carbocycles. The van der Waals surface area contributed by atoms with Gasteiger partial charge in [0.1, 0.15) is 0 Å². The van der Waals surface area contributed by atoms with E-state index in [0.29, 0.717) is 5.57 Å². The van der Waals surface area contributed by atoms with Crippen LogP contribution in [0.2, 0.25) is 0 Å². The van der Waals surface area contributed by atoms with Crippen molar-refractivity contribution in [1.29, 1.82) is 5.26 Å². The van der Waals surface area contributed by atoms with Crippen LogP contribution in [0.1, 0.15) is 40.0 Å². The zero-order valence-corrected chi connectivity index (χ0v) is 8.78. The molecule has 0 bridgehead atoms. The maximum Gasteiger partial charge on any atom is 0.0988 e. The van der Waals surface area contributed by atoms with Crippen molar-refractivity contribution in [2.75, 3.05) is 0 Å². The number of rotatable bonds is 1. The number of nitrogens with zero attached hydrogens (tertiary/aromatic N) is 1. The van der Waals surface area contributed by atoms with Crippen molar-refractivity contribution in [3.05, 3.63) is 23.3 Å². The van der Waals surface area contributed by atoms with Gasteiger partial charge in [0, 0.05) is 5.57 Å². The molecule has 0 spiro atoms. The van der Waals surface area contributed by atoms with E-state index in [4.69, 9.17) is 5.26 Å². The normalized spacial score (nSPS) is 21.1. The summed E-state index contributed by atoms with van der Waals surface area (Å²) in [5.41, 5.74) is 3.46. The molecule has 0 atom stereocenters. The molecule has 70 valence electrons. The lowest BCUT2D eigenvalue weighted by Crippen LogP contribution is -2.19. The molecule has 0 aromatic rings. The van der Waals surface area contributed by atoms with Crippen molar-refractivity contribution in [3.8, 4) is 6.07 Å². The van der Waals surface area contributed by atoms with Gasteiger partial charge in [-0.25, -0.2) is 0 Å². The lowest BCUT2D eigenvalue weighted by Gasteiger charge is -2.33. The monoisotopic (exact) mass is 175 g/mol. The Hall–Kier alpha value is -1.03. The lowest BCUT2D eigenvalue weighted by molar-refractivity contribution is 0.369. The van der Waals surface area contributed by atoms with Gasteiger partial charge in [-0.05, 0) is 37.2 Å². The summed E-state index contributed by atoms with van der Waals surface area (Å²) in [6, 6.07) is 2.15. The van der Waals surface area contributed by atoms with Crippen LogP contribution in [0.4, 0.5) is 0 Å². The Morgan fingerprint density at radius 3 is 2.69 bits per heavy atom. The molecule has 13 heavy (non-hydrogen) atoms. The van der Waals surface area contributed by atoms with Gasteiger partial charge in [-0.1, -0.05) is 26.0 Å². The third-order valence-corrected chi connectivity index (χ3v) is 3.20. The van der Waals surface area contributed by atoms with Gasteiger partial charge < -0.3 is 0 Å². The van der Waals surface area contributed by atoms with Gasteiger partial charge in [-0.2, -0.15) is 5.26 Å². The van der Waals surface area contributed by atoms with E-state index >= 15 is 0 Å². The Morgan fingerprint density at radius 2 is 2.15 bits per heavy atom. The quantitative estimate of drug-likeness (QED) is 0.559. The van der Waals surface area contributed by atoms with Crippen LogP contribution in [-0.4, -0.2) is 0 Å². The molecule has 1 aliphatic rings. The summed E-state index contributed by atoms with van der Waals surface area (Å²) < 4.78 is 0. The fraction of sp³-hybridized carbons (Fsp3) is 0.583. The highest BCUT2D eigenvalue weighted by Crippen LogP contribution is 2.41. The van der Waals surface area contributed by atoms with Crippen LogP contribution >= 0.6 is 0 Å². The second-order valence-corrected chi connectivity index (χ2v) is 4.43.